The van der Waals surface area contributed by atoms with Gasteiger partial charge in [0, 0.05) is 0 Å². The van der Waals surface area contributed by atoms with Gasteiger partial charge in [0.05, 0.1) is 11.5 Å². The third-order valence-electron chi connectivity index (χ3n) is 2.30. The van der Waals surface area contributed by atoms with E-state index >= 15 is 0 Å². The summed E-state index contributed by atoms with van der Waals surface area (Å²) in [6.07, 6.45) is 0. The summed E-state index contributed by atoms with van der Waals surface area (Å²) in [6, 6.07) is 0. The van der Waals surface area contributed by atoms with Crippen molar-refractivity contribution in [3.63, 3.8) is 0 Å². The van der Waals surface area contributed by atoms with Gasteiger partial charge in [0.2, 0.25) is 0 Å². The largest absolute Gasteiger partial charge is 0.286 e. The number of rotatable bonds is 10. The van der Waals surface area contributed by atoms with Gasteiger partial charge in [0.15, 0.2) is 6.79 Å². The summed E-state index contributed by atoms with van der Waals surface area (Å²) in [6.45, 7) is 0.410. The summed E-state index contributed by atoms with van der Waals surface area (Å²) in [5.41, 5.74) is 0. The molecule has 2 unspecified atom stereocenters. The molecule has 0 aliphatic carbocycles. The lowest BCUT2D eigenvalue weighted by atomic mass is 10.6. The standard InChI is InChI=1S/C7H16O12S4/c1-6(3-20(8,9)10)22(14,15)18-5-19-23(16,17)7(2)4-21(11,12)13/h6-7H,3-5H2,1-2H3,(H,8,9,10)(H,11,12,13). The quantitative estimate of drug-likeness (QED) is 0.229. The summed E-state index contributed by atoms with van der Waals surface area (Å²) in [7, 11) is -18.4. The highest BCUT2D eigenvalue weighted by Gasteiger charge is 2.30. The molecule has 0 saturated carbocycles. The molecule has 0 heterocycles. The molecule has 0 bridgehead atoms. The average molecular weight is 420 g/mol. The zero-order valence-electron chi connectivity index (χ0n) is 11.9. The molecule has 0 aromatic carbocycles. The molecule has 0 aliphatic rings. The van der Waals surface area contributed by atoms with Gasteiger partial charge >= 0.3 is 0 Å². The second kappa shape index (κ2) is 7.68. The fraction of sp³-hybridized carbons (Fsp3) is 1.00. The lowest BCUT2D eigenvalue weighted by Crippen LogP contribution is -2.31. The van der Waals surface area contributed by atoms with Crippen LogP contribution in [0.25, 0.3) is 0 Å². The number of hydrogen-bond donors (Lipinski definition) is 2. The molecule has 0 saturated heterocycles. The van der Waals surface area contributed by atoms with Crippen molar-refractivity contribution in [1.82, 2.24) is 0 Å². The van der Waals surface area contributed by atoms with E-state index in [0.29, 0.717) is 0 Å². The Kier molecular flexibility index (Phi) is 7.56. The van der Waals surface area contributed by atoms with Gasteiger partial charge in [0.25, 0.3) is 40.5 Å². The summed E-state index contributed by atoms with van der Waals surface area (Å²) >= 11 is 0. The maximum absolute atomic E-state index is 11.5. The van der Waals surface area contributed by atoms with E-state index in [4.69, 9.17) is 9.11 Å². The molecule has 0 aromatic rings. The molecular formula is C7H16O12S4. The van der Waals surface area contributed by atoms with E-state index in [2.05, 4.69) is 8.37 Å². The van der Waals surface area contributed by atoms with Gasteiger partial charge in [-0.1, -0.05) is 0 Å². The maximum atomic E-state index is 11.5. The Balaban J connectivity index is 4.76. The lowest BCUT2D eigenvalue weighted by Gasteiger charge is -2.13. The van der Waals surface area contributed by atoms with E-state index in [0.717, 1.165) is 13.8 Å². The third-order valence-corrected chi connectivity index (χ3v) is 7.72. The van der Waals surface area contributed by atoms with Crippen molar-refractivity contribution in [3.8, 4) is 0 Å². The van der Waals surface area contributed by atoms with Gasteiger partial charge in [-0.15, -0.1) is 0 Å². The lowest BCUT2D eigenvalue weighted by molar-refractivity contribution is 0.130. The number of hydrogen-bond acceptors (Lipinski definition) is 10. The molecule has 0 spiro atoms. The molecule has 12 nitrogen and oxygen atoms in total. The fourth-order valence-electron chi connectivity index (χ4n) is 1.15. The van der Waals surface area contributed by atoms with Gasteiger partial charge in [0.1, 0.15) is 10.5 Å². The predicted molar refractivity (Wildman–Crippen MR) is 76.6 cm³/mol. The zero-order valence-corrected chi connectivity index (χ0v) is 15.2. The SMILES string of the molecule is CC(CS(=O)(=O)O)S(=O)(=O)OCOS(=O)(=O)C(C)CS(=O)(=O)O. The minimum absolute atomic E-state index is 0.887. The van der Waals surface area contributed by atoms with Gasteiger partial charge in [-0.2, -0.15) is 33.7 Å². The molecule has 23 heavy (non-hydrogen) atoms. The van der Waals surface area contributed by atoms with Crippen molar-refractivity contribution in [1.29, 1.82) is 0 Å². The van der Waals surface area contributed by atoms with E-state index in [1.54, 1.807) is 0 Å². The van der Waals surface area contributed by atoms with Crippen LogP contribution < -0.4 is 0 Å². The van der Waals surface area contributed by atoms with E-state index in [1.807, 2.05) is 0 Å². The van der Waals surface area contributed by atoms with Crippen molar-refractivity contribution in [2.45, 2.75) is 24.3 Å². The van der Waals surface area contributed by atoms with Crippen LogP contribution in [0.2, 0.25) is 0 Å². The second-order valence-corrected chi connectivity index (χ2v) is 11.5. The maximum Gasteiger partial charge on any atom is 0.273 e. The first kappa shape index (κ1) is 22.6. The fourth-order valence-corrected chi connectivity index (χ4v) is 5.59. The average Bonchev–Trinajstić information content (AvgIpc) is 2.23. The first-order valence-corrected chi connectivity index (χ1v) is 11.8. The van der Waals surface area contributed by atoms with E-state index in [-0.39, 0.29) is 0 Å². The van der Waals surface area contributed by atoms with Crippen LogP contribution in [0.1, 0.15) is 13.8 Å². The van der Waals surface area contributed by atoms with Gasteiger partial charge in [-0.05, 0) is 13.8 Å². The van der Waals surface area contributed by atoms with Crippen LogP contribution in [0.3, 0.4) is 0 Å². The van der Waals surface area contributed by atoms with Gasteiger partial charge < -0.3 is 0 Å². The summed E-state index contributed by atoms with van der Waals surface area (Å²) < 4.78 is 114. The molecule has 0 rings (SSSR count). The van der Waals surface area contributed by atoms with Crippen LogP contribution in [0.4, 0.5) is 0 Å². The first-order chi connectivity index (χ1) is 9.96. The minimum atomic E-state index is -4.61. The Bertz CT molecular complexity index is 733. The molecule has 16 heteroatoms. The first-order valence-electron chi connectivity index (χ1n) is 5.63. The molecule has 0 aliphatic heterocycles. The molecule has 140 valence electrons. The van der Waals surface area contributed by atoms with E-state index in [1.165, 1.54) is 0 Å². The third kappa shape index (κ3) is 9.50. The van der Waals surface area contributed by atoms with Gasteiger partial charge in [-0.25, -0.2) is 8.37 Å². The molecule has 0 amide bonds. The minimum Gasteiger partial charge on any atom is -0.286 e. The topological polar surface area (TPSA) is 195 Å². The smallest absolute Gasteiger partial charge is 0.273 e. The molecule has 2 N–H and O–H groups in total. The van der Waals surface area contributed by atoms with Crippen LogP contribution >= 0.6 is 0 Å². The zero-order chi connectivity index (χ0) is 18.7. The van der Waals surface area contributed by atoms with Gasteiger partial charge in [-0.3, -0.25) is 9.11 Å². The van der Waals surface area contributed by atoms with Crippen molar-refractivity contribution >= 4 is 40.5 Å². The molecule has 0 fully saturated rings. The van der Waals surface area contributed by atoms with E-state index < -0.39 is 69.3 Å². The molecule has 0 radical (unpaired) electrons. The highest BCUT2D eigenvalue weighted by Crippen LogP contribution is 2.10. The molecular weight excluding hydrogens is 404 g/mol. The normalized spacial score (nSPS) is 16.9. The summed E-state index contributed by atoms with van der Waals surface area (Å²) in [4.78, 5) is 0. The van der Waals surface area contributed by atoms with E-state index in [9.17, 15) is 33.7 Å². The Morgan fingerprint density at radius 3 is 1.17 bits per heavy atom. The Morgan fingerprint density at radius 1 is 0.696 bits per heavy atom. The van der Waals surface area contributed by atoms with Crippen molar-refractivity contribution < 1.29 is 51.1 Å². The summed E-state index contributed by atoms with van der Waals surface area (Å²) in [5, 5.41) is -3.42. The Labute approximate surface area is 134 Å². The van der Waals surface area contributed by atoms with Crippen molar-refractivity contribution in [2.24, 2.45) is 0 Å². The second-order valence-electron chi connectivity index (χ2n) is 4.46. The van der Waals surface area contributed by atoms with Crippen LogP contribution in [0.5, 0.6) is 0 Å². The van der Waals surface area contributed by atoms with Crippen LogP contribution in [0, 0.1) is 0 Å². The summed E-state index contributed by atoms with van der Waals surface area (Å²) in [5.74, 6) is -2.36. The Morgan fingerprint density at radius 2 is 0.957 bits per heavy atom. The highest BCUT2D eigenvalue weighted by atomic mass is 32.2. The van der Waals surface area contributed by atoms with Crippen LogP contribution in [0.15, 0.2) is 0 Å². The van der Waals surface area contributed by atoms with Crippen LogP contribution in [-0.2, 0) is 48.8 Å². The van der Waals surface area contributed by atoms with Crippen molar-refractivity contribution in [3.05, 3.63) is 0 Å². The van der Waals surface area contributed by atoms with Crippen molar-refractivity contribution in [2.75, 3.05) is 18.3 Å². The Hall–Kier alpha value is -0.360. The molecule has 2 atom stereocenters. The monoisotopic (exact) mass is 420 g/mol. The predicted octanol–water partition coefficient (Wildman–Crippen LogP) is -1.81. The molecule has 0 aromatic heterocycles. The highest BCUT2D eigenvalue weighted by molar-refractivity contribution is 7.91. The van der Waals surface area contributed by atoms with Crippen LogP contribution in [-0.4, -0.2) is 71.6 Å².